The molecule has 158 valence electrons. The van der Waals surface area contributed by atoms with Gasteiger partial charge in [0.2, 0.25) is 5.91 Å². The lowest BCUT2D eigenvalue weighted by molar-refractivity contribution is -0.133. The zero-order valence-electron chi connectivity index (χ0n) is 16.4. The summed E-state index contributed by atoms with van der Waals surface area (Å²) in [7, 11) is -3.58. The summed E-state index contributed by atoms with van der Waals surface area (Å²) >= 11 is 7.56. The number of fused-ring (bicyclic) bond motifs is 1. The van der Waals surface area contributed by atoms with Gasteiger partial charge in [-0.2, -0.15) is 0 Å². The van der Waals surface area contributed by atoms with E-state index >= 15 is 0 Å². The van der Waals surface area contributed by atoms with E-state index in [1.54, 1.807) is 47.1 Å². The molecule has 0 spiro atoms. The van der Waals surface area contributed by atoms with Gasteiger partial charge in [0.1, 0.15) is 0 Å². The molecule has 1 aliphatic rings. The first-order valence-corrected chi connectivity index (χ1v) is 12.5. The van der Waals surface area contributed by atoms with E-state index in [2.05, 4.69) is 14.9 Å². The molecule has 4 rings (SSSR count). The van der Waals surface area contributed by atoms with Crippen LogP contribution in [0.1, 0.15) is 13.3 Å². The standard InChI is InChI=1S/C20H21ClN4O3S2/c1-14-12-24(17-11-22-7-5-15(17)21)8-9-25(14)19(26)6-10-30(27,28)18-4-2-3-16-20(18)29-13-23-16/h2-5,7,11,13-14H,6,8-10,12H2,1H3/t14-/m0/s1. The summed E-state index contributed by atoms with van der Waals surface area (Å²) in [5.74, 6) is -0.371. The number of halogens is 1. The van der Waals surface area contributed by atoms with E-state index in [0.717, 1.165) is 5.69 Å². The van der Waals surface area contributed by atoms with Crippen LogP contribution in [0.4, 0.5) is 5.69 Å². The highest BCUT2D eigenvalue weighted by Gasteiger charge is 2.29. The normalized spacial score (nSPS) is 17.5. The van der Waals surface area contributed by atoms with Gasteiger partial charge in [-0.15, -0.1) is 11.3 Å². The van der Waals surface area contributed by atoms with E-state index in [1.165, 1.54) is 11.3 Å². The van der Waals surface area contributed by atoms with Crippen LogP contribution in [0.15, 0.2) is 47.1 Å². The number of piperazine rings is 1. The second-order valence-electron chi connectivity index (χ2n) is 7.23. The summed E-state index contributed by atoms with van der Waals surface area (Å²) in [6.45, 7) is 3.70. The maximum Gasteiger partial charge on any atom is 0.223 e. The molecule has 1 saturated heterocycles. The van der Waals surface area contributed by atoms with E-state index in [1.807, 2.05) is 6.92 Å². The fourth-order valence-corrected chi connectivity index (χ4v) is 6.51. The number of aromatic nitrogens is 2. The maximum atomic E-state index is 12.9. The molecule has 0 bridgehead atoms. The molecule has 3 heterocycles. The molecule has 1 atom stereocenters. The van der Waals surface area contributed by atoms with Crippen LogP contribution in [0.25, 0.3) is 10.2 Å². The van der Waals surface area contributed by atoms with E-state index in [9.17, 15) is 13.2 Å². The molecule has 0 N–H and O–H groups in total. The van der Waals surface area contributed by atoms with E-state index in [-0.39, 0.29) is 29.0 Å². The van der Waals surface area contributed by atoms with Gasteiger partial charge in [-0.3, -0.25) is 9.78 Å². The highest BCUT2D eigenvalue weighted by atomic mass is 35.5. The molecule has 1 fully saturated rings. The van der Waals surface area contributed by atoms with Gasteiger partial charge in [0.05, 0.1) is 43.3 Å². The molecule has 0 saturated carbocycles. The third-order valence-electron chi connectivity index (χ3n) is 5.28. The Morgan fingerprint density at radius 3 is 2.90 bits per heavy atom. The van der Waals surface area contributed by atoms with Crippen LogP contribution >= 0.6 is 22.9 Å². The molecule has 1 aromatic carbocycles. The number of thiazole rings is 1. The van der Waals surface area contributed by atoms with Crippen molar-refractivity contribution in [2.45, 2.75) is 24.3 Å². The fraction of sp³-hybridized carbons (Fsp3) is 0.350. The van der Waals surface area contributed by atoms with E-state index in [4.69, 9.17) is 11.6 Å². The number of carbonyl (C=O) groups is 1. The van der Waals surface area contributed by atoms with Crippen LogP contribution in [0.3, 0.4) is 0 Å². The van der Waals surface area contributed by atoms with Crippen molar-refractivity contribution in [3.8, 4) is 0 Å². The predicted molar refractivity (Wildman–Crippen MR) is 119 cm³/mol. The van der Waals surface area contributed by atoms with Gasteiger partial charge in [0, 0.05) is 38.3 Å². The minimum atomic E-state index is -3.58. The van der Waals surface area contributed by atoms with Crippen molar-refractivity contribution >= 4 is 54.6 Å². The van der Waals surface area contributed by atoms with Crippen LogP contribution in [0.5, 0.6) is 0 Å². The molecule has 30 heavy (non-hydrogen) atoms. The zero-order valence-corrected chi connectivity index (χ0v) is 18.8. The number of benzene rings is 1. The highest BCUT2D eigenvalue weighted by Crippen LogP contribution is 2.28. The lowest BCUT2D eigenvalue weighted by Gasteiger charge is -2.41. The van der Waals surface area contributed by atoms with E-state index < -0.39 is 9.84 Å². The summed E-state index contributed by atoms with van der Waals surface area (Å²) in [5, 5.41) is 0.625. The Balaban J connectivity index is 1.41. The van der Waals surface area contributed by atoms with Crippen molar-refractivity contribution in [2.24, 2.45) is 0 Å². The van der Waals surface area contributed by atoms with Crippen molar-refractivity contribution < 1.29 is 13.2 Å². The third-order valence-corrected chi connectivity index (χ3v) is 8.35. The Hall–Kier alpha value is -2.23. The van der Waals surface area contributed by atoms with Crippen molar-refractivity contribution in [3.05, 3.63) is 47.2 Å². The smallest absolute Gasteiger partial charge is 0.223 e. The summed E-state index contributed by atoms with van der Waals surface area (Å²) in [4.78, 5) is 25.2. The number of nitrogens with zero attached hydrogens (tertiary/aromatic N) is 4. The van der Waals surface area contributed by atoms with Crippen LogP contribution in [-0.4, -0.2) is 60.6 Å². The first-order valence-electron chi connectivity index (χ1n) is 9.56. The lowest BCUT2D eigenvalue weighted by Crippen LogP contribution is -2.54. The van der Waals surface area contributed by atoms with Gasteiger partial charge in [0.25, 0.3) is 0 Å². The number of anilines is 1. The number of amides is 1. The van der Waals surface area contributed by atoms with Crippen LogP contribution in [-0.2, 0) is 14.6 Å². The zero-order chi connectivity index (χ0) is 21.3. The quantitative estimate of drug-likeness (QED) is 0.576. The second-order valence-corrected chi connectivity index (χ2v) is 10.6. The molecule has 3 aromatic rings. The molecule has 0 radical (unpaired) electrons. The van der Waals surface area contributed by atoms with Gasteiger partial charge in [-0.1, -0.05) is 17.7 Å². The third kappa shape index (κ3) is 4.14. The Labute approximate surface area is 184 Å². The molecule has 2 aromatic heterocycles. The Bertz CT molecular complexity index is 1180. The van der Waals surface area contributed by atoms with Crippen molar-refractivity contribution in [3.63, 3.8) is 0 Å². The van der Waals surface area contributed by atoms with Gasteiger partial charge >= 0.3 is 0 Å². The minimum absolute atomic E-state index is 0.0461. The molecule has 1 aliphatic heterocycles. The largest absolute Gasteiger partial charge is 0.365 e. The van der Waals surface area contributed by atoms with Gasteiger partial charge in [-0.25, -0.2) is 13.4 Å². The Morgan fingerprint density at radius 1 is 1.30 bits per heavy atom. The highest BCUT2D eigenvalue weighted by molar-refractivity contribution is 7.91. The van der Waals surface area contributed by atoms with Crippen molar-refractivity contribution in [1.29, 1.82) is 0 Å². The Morgan fingerprint density at radius 2 is 2.13 bits per heavy atom. The molecule has 0 aliphatic carbocycles. The minimum Gasteiger partial charge on any atom is -0.365 e. The molecule has 0 unspecified atom stereocenters. The number of hydrogen-bond acceptors (Lipinski definition) is 7. The number of hydrogen-bond donors (Lipinski definition) is 0. The fourth-order valence-electron chi connectivity index (χ4n) is 3.73. The van der Waals surface area contributed by atoms with Gasteiger partial charge < -0.3 is 9.80 Å². The number of pyridine rings is 1. The average Bonchev–Trinajstić information content (AvgIpc) is 3.21. The van der Waals surface area contributed by atoms with Crippen molar-refractivity contribution in [2.75, 3.05) is 30.3 Å². The number of carbonyl (C=O) groups excluding carboxylic acids is 1. The van der Waals surface area contributed by atoms with Crippen LogP contribution in [0.2, 0.25) is 5.02 Å². The van der Waals surface area contributed by atoms with Gasteiger partial charge in [-0.05, 0) is 25.1 Å². The van der Waals surface area contributed by atoms with Crippen LogP contribution in [0, 0.1) is 0 Å². The average molecular weight is 465 g/mol. The second kappa shape index (κ2) is 8.49. The number of rotatable bonds is 5. The van der Waals surface area contributed by atoms with Crippen LogP contribution < -0.4 is 4.90 Å². The summed E-state index contributed by atoms with van der Waals surface area (Å²) in [5.41, 5.74) is 3.13. The summed E-state index contributed by atoms with van der Waals surface area (Å²) < 4.78 is 26.4. The molecule has 7 nitrogen and oxygen atoms in total. The SMILES string of the molecule is C[C@H]1CN(c2cnccc2Cl)CCN1C(=O)CCS(=O)(=O)c1cccc2ncsc12. The van der Waals surface area contributed by atoms with Gasteiger partial charge in [0.15, 0.2) is 9.84 Å². The summed E-state index contributed by atoms with van der Waals surface area (Å²) in [6, 6.07) is 6.73. The first-order chi connectivity index (χ1) is 14.4. The molecular formula is C20H21ClN4O3S2. The maximum absolute atomic E-state index is 12.9. The lowest BCUT2D eigenvalue weighted by atomic mass is 10.1. The topological polar surface area (TPSA) is 83.5 Å². The molecule has 10 heteroatoms. The monoisotopic (exact) mass is 464 g/mol. The Kier molecular flexibility index (Phi) is 5.95. The predicted octanol–water partition coefficient (Wildman–Crippen LogP) is 3.25. The summed E-state index contributed by atoms with van der Waals surface area (Å²) in [6.07, 6.45) is 3.32. The van der Waals surface area contributed by atoms with Crippen molar-refractivity contribution in [1.82, 2.24) is 14.9 Å². The molecule has 1 amide bonds. The van der Waals surface area contributed by atoms with E-state index in [0.29, 0.717) is 34.9 Å². The molecular weight excluding hydrogens is 444 g/mol. The first kappa shape index (κ1) is 21.0. The number of sulfone groups is 1.